The minimum absolute atomic E-state index is 0.0960. The quantitative estimate of drug-likeness (QED) is 0.622. The van der Waals surface area contributed by atoms with Gasteiger partial charge in [0.15, 0.2) is 0 Å². The molecule has 2 heterocycles. The van der Waals surface area contributed by atoms with Crippen molar-refractivity contribution in [3.05, 3.63) is 0 Å². The number of carbonyl (C=O) groups is 1. The lowest BCUT2D eigenvalue weighted by molar-refractivity contribution is 0.183. The van der Waals surface area contributed by atoms with Crippen LogP contribution in [-0.4, -0.2) is 42.1 Å². The second-order valence-electron chi connectivity index (χ2n) is 5.65. The number of nitrogens with one attached hydrogen (secondary N) is 2. The standard InChI is InChI=1S/C11H21N3O/c1-11(2,3)13-10(15)14-5-4-8-6-12-7-9(8)14/h8-9,12H,4-7H2,1-3H3,(H,13,15). The van der Waals surface area contributed by atoms with E-state index in [1.807, 2.05) is 25.7 Å². The SMILES string of the molecule is CC(C)(C)NC(=O)N1CCC2CNCC21. The number of rotatable bonds is 0. The summed E-state index contributed by atoms with van der Waals surface area (Å²) in [6, 6.07) is 0.519. The highest BCUT2D eigenvalue weighted by molar-refractivity contribution is 5.75. The third kappa shape index (κ3) is 2.25. The maximum atomic E-state index is 12.0. The number of amides is 2. The Hall–Kier alpha value is -0.770. The molecule has 0 aromatic rings. The topological polar surface area (TPSA) is 44.4 Å². The maximum Gasteiger partial charge on any atom is 0.318 e. The lowest BCUT2D eigenvalue weighted by atomic mass is 10.1. The monoisotopic (exact) mass is 211 g/mol. The normalized spacial score (nSPS) is 30.5. The molecular weight excluding hydrogens is 190 g/mol. The first kappa shape index (κ1) is 10.7. The predicted octanol–water partition coefficient (Wildman–Crippen LogP) is 0.788. The first-order valence-electron chi connectivity index (χ1n) is 5.77. The van der Waals surface area contributed by atoms with Crippen molar-refractivity contribution in [2.24, 2.45) is 5.92 Å². The lowest BCUT2D eigenvalue weighted by Crippen LogP contribution is -2.51. The summed E-state index contributed by atoms with van der Waals surface area (Å²) in [7, 11) is 0. The molecule has 0 spiro atoms. The van der Waals surface area contributed by atoms with Gasteiger partial charge in [-0.25, -0.2) is 4.79 Å². The highest BCUT2D eigenvalue weighted by atomic mass is 16.2. The molecular formula is C11H21N3O. The van der Waals surface area contributed by atoms with Crippen LogP contribution in [0.25, 0.3) is 0 Å². The summed E-state index contributed by atoms with van der Waals surface area (Å²) in [6.45, 7) is 9.01. The molecule has 0 bridgehead atoms. The van der Waals surface area contributed by atoms with Crippen LogP contribution in [0, 0.1) is 5.92 Å². The number of nitrogens with zero attached hydrogens (tertiary/aromatic N) is 1. The van der Waals surface area contributed by atoms with Crippen LogP contribution >= 0.6 is 0 Å². The summed E-state index contributed by atoms with van der Waals surface area (Å²) in [5.41, 5.74) is -0.138. The molecule has 2 rings (SSSR count). The molecule has 2 saturated heterocycles. The van der Waals surface area contributed by atoms with Crippen LogP contribution in [0.1, 0.15) is 27.2 Å². The molecule has 15 heavy (non-hydrogen) atoms. The van der Waals surface area contributed by atoms with E-state index in [9.17, 15) is 4.79 Å². The van der Waals surface area contributed by atoms with Crippen LogP contribution in [0.5, 0.6) is 0 Å². The third-order valence-corrected chi connectivity index (χ3v) is 3.19. The zero-order chi connectivity index (χ0) is 11.1. The Labute approximate surface area is 91.4 Å². The molecule has 4 heteroatoms. The first-order valence-corrected chi connectivity index (χ1v) is 5.77. The van der Waals surface area contributed by atoms with Gasteiger partial charge in [-0.1, -0.05) is 0 Å². The van der Waals surface area contributed by atoms with Gasteiger partial charge in [0.05, 0.1) is 0 Å². The molecule has 4 nitrogen and oxygen atoms in total. The Kier molecular flexibility index (Phi) is 2.63. The fourth-order valence-corrected chi connectivity index (χ4v) is 2.49. The van der Waals surface area contributed by atoms with Gasteiger partial charge in [0, 0.05) is 31.2 Å². The number of urea groups is 1. The Balaban J connectivity index is 1.96. The Bertz CT molecular complexity index is 259. The van der Waals surface area contributed by atoms with Crippen molar-refractivity contribution in [1.82, 2.24) is 15.5 Å². The van der Waals surface area contributed by atoms with Crippen LogP contribution in [0.15, 0.2) is 0 Å². The molecule has 0 radical (unpaired) electrons. The Morgan fingerprint density at radius 1 is 1.40 bits per heavy atom. The van der Waals surface area contributed by atoms with E-state index < -0.39 is 0 Å². The van der Waals surface area contributed by atoms with Crippen molar-refractivity contribution in [2.45, 2.75) is 38.8 Å². The second kappa shape index (κ2) is 3.67. The summed E-state index contributed by atoms with van der Waals surface area (Å²) in [5.74, 6) is 0.677. The van der Waals surface area contributed by atoms with Gasteiger partial charge in [0.25, 0.3) is 0 Å². The van der Waals surface area contributed by atoms with Crippen molar-refractivity contribution < 1.29 is 4.79 Å². The lowest BCUT2D eigenvalue weighted by Gasteiger charge is -2.29. The van der Waals surface area contributed by atoms with Gasteiger partial charge in [0.2, 0.25) is 0 Å². The molecule has 0 aliphatic carbocycles. The van der Waals surface area contributed by atoms with E-state index >= 15 is 0 Å². The maximum absolute atomic E-state index is 12.0. The van der Waals surface area contributed by atoms with Crippen molar-refractivity contribution in [2.75, 3.05) is 19.6 Å². The van der Waals surface area contributed by atoms with Crippen molar-refractivity contribution in [3.63, 3.8) is 0 Å². The van der Waals surface area contributed by atoms with Crippen molar-refractivity contribution in [1.29, 1.82) is 0 Å². The third-order valence-electron chi connectivity index (χ3n) is 3.19. The molecule has 2 aliphatic heterocycles. The van der Waals surface area contributed by atoms with Gasteiger partial charge in [-0.3, -0.25) is 0 Å². The van der Waals surface area contributed by atoms with Gasteiger partial charge in [-0.05, 0) is 33.1 Å². The van der Waals surface area contributed by atoms with Crippen LogP contribution in [0.4, 0.5) is 4.79 Å². The highest BCUT2D eigenvalue weighted by Crippen LogP contribution is 2.27. The molecule has 86 valence electrons. The van der Waals surface area contributed by atoms with Crippen molar-refractivity contribution >= 4 is 6.03 Å². The summed E-state index contributed by atoms with van der Waals surface area (Å²) in [4.78, 5) is 14.0. The molecule has 2 unspecified atom stereocenters. The van der Waals surface area contributed by atoms with Crippen molar-refractivity contribution in [3.8, 4) is 0 Å². The smallest absolute Gasteiger partial charge is 0.318 e. The Morgan fingerprint density at radius 2 is 2.13 bits per heavy atom. The fourth-order valence-electron chi connectivity index (χ4n) is 2.49. The minimum atomic E-state index is -0.138. The van der Waals surface area contributed by atoms with Gasteiger partial charge >= 0.3 is 6.03 Å². The average molecular weight is 211 g/mol. The van der Waals surface area contributed by atoms with E-state index in [1.54, 1.807) is 0 Å². The van der Waals surface area contributed by atoms with Crippen LogP contribution in [0.2, 0.25) is 0 Å². The number of hydrogen-bond acceptors (Lipinski definition) is 2. The van der Waals surface area contributed by atoms with E-state index in [4.69, 9.17) is 0 Å². The van der Waals surface area contributed by atoms with E-state index in [0.29, 0.717) is 12.0 Å². The molecule has 2 amide bonds. The van der Waals surface area contributed by atoms with E-state index in [2.05, 4.69) is 10.6 Å². The van der Waals surface area contributed by atoms with Crippen LogP contribution < -0.4 is 10.6 Å². The number of likely N-dealkylation sites (tertiary alicyclic amines) is 1. The predicted molar refractivity (Wildman–Crippen MR) is 59.8 cm³/mol. The summed E-state index contributed by atoms with van der Waals surface area (Å²) in [5, 5.41) is 6.38. The largest absolute Gasteiger partial charge is 0.333 e. The summed E-state index contributed by atoms with van der Waals surface area (Å²) < 4.78 is 0. The van der Waals surface area contributed by atoms with Gasteiger partial charge in [-0.2, -0.15) is 0 Å². The summed E-state index contributed by atoms with van der Waals surface area (Å²) >= 11 is 0. The average Bonchev–Trinajstić information content (AvgIpc) is 2.57. The summed E-state index contributed by atoms with van der Waals surface area (Å²) in [6.07, 6.45) is 1.15. The van der Waals surface area contributed by atoms with E-state index in [0.717, 1.165) is 26.1 Å². The fraction of sp³-hybridized carbons (Fsp3) is 0.909. The van der Waals surface area contributed by atoms with Crippen LogP contribution in [-0.2, 0) is 0 Å². The molecule has 0 aromatic heterocycles. The molecule has 2 atom stereocenters. The second-order valence-corrected chi connectivity index (χ2v) is 5.65. The van der Waals surface area contributed by atoms with Gasteiger partial charge in [0.1, 0.15) is 0 Å². The highest BCUT2D eigenvalue weighted by Gasteiger charge is 2.40. The molecule has 2 aliphatic rings. The number of fused-ring (bicyclic) bond motifs is 1. The zero-order valence-corrected chi connectivity index (χ0v) is 9.84. The first-order chi connectivity index (χ1) is 6.97. The van der Waals surface area contributed by atoms with Gasteiger partial charge < -0.3 is 15.5 Å². The number of hydrogen-bond donors (Lipinski definition) is 2. The molecule has 0 saturated carbocycles. The molecule has 0 aromatic carbocycles. The van der Waals surface area contributed by atoms with E-state index in [1.165, 1.54) is 0 Å². The minimum Gasteiger partial charge on any atom is -0.333 e. The molecule has 2 N–H and O–H groups in total. The zero-order valence-electron chi connectivity index (χ0n) is 9.84. The number of carbonyl (C=O) groups excluding carboxylic acids is 1. The van der Waals surface area contributed by atoms with E-state index in [-0.39, 0.29) is 11.6 Å². The van der Waals surface area contributed by atoms with Crippen LogP contribution in [0.3, 0.4) is 0 Å². The molecule has 2 fully saturated rings. The Morgan fingerprint density at radius 3 is 2.80 bits per heavy atom. The van der Waals surface area contributed by atoms with Gasteiger partial charge in [-0.15, -0.1) is 0 Å².